The summed E-state index contributed by atoms with van der Waals surface area (Å²) in [6, 6.07) is 5.94. The average molecular weight is 359 g/mol. The van der Waals surface area contributed by atoms with Crippen LogP contribution < -0.4 is 0 Å². The van der Waals surface area contributed by atoms with Crippen molar-refractivity contribution < 1.29 is 19.1 Å². The van der Waals surface area contributed by atoms with E-state index in [2.05, 4.69) is 6.07 Å². The maximum atomic E-state index is 12.5. The first-order valence-corrected chi connectivity index (χ1v) is 9.46. The van der Waals surface area contributed by atoms with Gasteiger partial charge in [0.1, 0.15) is 0 Å². The van der Waals surface area contributed by atoms with E-state index in [0.717, 1.165) is 12.8 Å². The van der Waals surface area contributed by atoms with E-state index >= 15 is 0 Å². The topological polar surface area (TPSA) is 63.7 Å². The molecular weight excluding hydrogens is 330 g/mol. The van der Waals surface area contributed by atoms with Gasteiger partial charge in [0.05, 0.1) is 13.0 Å². The smallest absolute Gasteiger partial charge is 0.310 e. The van der Waals surface area contributed by atoms with Gasteiger partial charge in [0, 0.05) is 31.5 Å². The molecule has 2 rings (SSSR count). The van der Waals surface area contributed by atoms with Crippen LogP contribution >= 0.6 is 0 Å². The fourth-order valence-electron chi connectivity index (χ4n) is 3.44. The summed E-state index contributed by atoms with van der Waals surface area (Å²) in [7, 11) is 1.34. The molecule has 1 aliphatic carbocycles. The van der Waals surface area contributed by atoms with Gasteiger partial charge in [0.25, 0.3) is 0 Å². The van der Waals surface area contributed by atoms with Gasteiger partial charge in [-0.25, -0.2) is 0 Å². The second kappa shape index (κ2) is 9.51. The molecule has 142 valence electrons. The number of methoxy groups -OCH3 is 1. The van der Waals surface area contributed by atoms with E-state index in [1.807, 2.05) is 19.1 Å². The van der Waals surface area contributed by atoms with Crippen molar-refractivity contribution in [2.45, 2.75) is 52.4 Å². The Labute approximate surface area is 155 Å². The molecule has 1 aromatic carbocycles. The number of hydrogen-bond acceptors (Lipinski definition) is 4. The normalized spacial score (nSPS) is 14.3. The number of rotatable bonds is 8. The fourth-order valence-corrected chi connectivity index (χ4v) is 3.44. The predicted octanol–water partition coefficient (Wildman–Crippen LogP) is 3.19. The van der Waals surface area contributed by atoms with Gasteiger partial charge in [0.2, 0.25) is 5.91 Å². The summed E-state index contributed by atoms with van der Waals surface area (Å²) >= 11 is 0. The lowest BCUT2D eigenvalue weighted by Crippen LogP contribution is -2.37. The quantitative estimate of drug-likeness (QED) is 0.528. The molecule has 0 bridgehead atoms. The third-order valence-corrected chi connectivity index (χ3v) is 5.07. The molecule has 5 heteroatoms. The molecule has 0 N–H and O–H groups in total. The van der Waals surface area contributed by atoms with Crippen LogP contribution in [0.25, 0.3) is 0 Å². The van der Waals surface area contributed by atoms with Crippen LogP contribution in [0.1, 0.15) is 61.0 Å². The Bertz CT molecular complexity index is 668. The first-order valence-electron chi connectivity index (χ1n) is 9.46. The van der Waals surface area contributed by atoms with Gasteiger partial charge in [-0.05, 0) is 49.8 Å². The lowest BCUT2D eigenvalue weighted by atomic mass is 9.89. The number of amides is 1. The van der Waals surface area contributed by atoms with Crippen molar-refractivity contribution in [3.05, 3.63) is 34.9 Å². The number of hydrogen-bond donors (Lipinski definition) is 0. The third kappa shape index (κ3) is 5.16. The Hall–Kier alpha value is -2.17. The van der Waals surface area contributed by atoms with Gasteiger partial charge >= 0.3 is 5.97 Å². The zero-order valence-electron chi connectivity index (χ0n) is 16.0. The standard InChI is InChI=1S/C21H29NO4/c1-4-22(14-15(2)21(25)26-3)20(24)12-11-19(23)18-10-9-16-7-5-6-8-17(16)13-18/h9-10,13,15H,4-8,11-12,14H2,1-3H3. The minimum Gasteiger partial charge on any atom is -0.469 e. The van der Waals surface area contributed by atoms with Crippen LogP contribution in [-0.2, 0) is 27.2 Å². The van der Waals surface area contributed by atoms with Crippen molar-refractivity contribution in [1.29, 1.82) is 0 Å². The van der Waals surface area contributed by atoms with Crippen LogP contribution in [0.3, 0.4) is 0 Å². The highest BCUT2D eigenvalue weighted by atomic mass is 16.5. The molecule has 1 amide bonds. The Kier molecular flexibility index (Phi) is 7.37. The van der Waals surface area contributed by atoms with E-state index in [4.69, 9.17) is 4.74 Å². The van der Waals surface area contributed by atoms with Crippen LogP contribution in [0.15, 0.2) is 18.2 Å². The van der Waals surface area contributed by atoms with Crippen LogP contribution in [0.4, 0.5) is 0 Å². The Morgan fingerprint density at radius 2 is 1.81 bits per heavy atom. The van der Waals surface area contributed by atoms with E-state index < -0.39 is 0 Å². The molecule has 1 unspecified atom stereocenters. The number of carbonyl (C=O) groups is 3. The highest BCUT2D eigenvalue weighted by molar-refractivity contribution is 5.98. The van der Waals surface area contributed by atoms with Crippen LogP contribution in [-0.4, -0.2) is 42.8 Å². The lowest BCUT2D eigenvalue weighted by Gasteiger charge is -2.23. The zero-order chi connectivity index (χ0) is 19.1. The SMILES string of the molecule is CCN(CC(C)C(=O)OC)C(=O)CCC(=O)c1ccc2c(c1)CCCC2. The van der Waals surface area contributed by atoms with E-state index in [1.165, 1.54) is 31.1 Å². The molecular formula is C21H29NO4. The number of aryl methyl sites for hydroxylation is 2. The van der Waals surface area contributed by atoms with E-state index in [-0.39, 0.29) is 36.4 Å². The molecule has 5 nitrogen and oxygen atoms in total. The summed E-state index contributed by atoms with van der Waals surface area (Å²) in [6.07, 6.45) is 4.87. The third-order valence-electron chi connectivity index (χ3n) is 5.07. The van der Waals surface area contributed by atoms with Gasteiger partial charge in [-0.1, -0.05) is 19.1 Å². The Balaban J connectivity index is 1.91. The number of ketones is 1. The van der Waals surface area contributed by atoms with Crippen molar-refractivity contribution >= 4 is 17.7 Å². The van der Waals surface area contributed by atoms with Crippen molar-refractivity contribution in [3.63, 3.8) is 0 Å². The van der Waals surface area contributed by atoms with E-state index in [9.17, 15) is 14.4 Å². The molecule has 0 heterocycles. The highest BCUT2D eigenvalue weighted by Gasteiger charge is 2.21. The molecule has 1 atom stereocenters. The number of benzene rings is 1. The van der Waals surface area contributed by atoms with Crippen LogP contribution in [0.2, 0.25) is 0 Å². The summed E-state index contributed by atoms with van der Waals surface area (Å²) in [5.41, 5.74) is 3.32. The van der Waals surface area contributed by atoms with Crippen molar-refractivity contribution in [1.82, 2.24) is 4.90 Å². The summed E-state index contributed by atoms with van der Waals surface area (Å²) in [6.45, 7) is 4.43. The molecule has 0 saturated heterocycles. The van der Waals surface area contributed by atoms with Gasteiger partial charge in [0.15, 0.2) is 5.78 Å². The molecule has 0 aromatic heterocycles. The Morgan fingerprint density at radius 3 is 2.46 bits per heavy atom. The number of nitrogens with zero attached hydrogens (tertiary/aromatic N) is 1. The minimum atomic E-state index is -0.375. The van der Waals surface area contributed by atoms with Gasteiger partial charge in [-0.3, -0.25) is 14.4 Å². The van der Waals surface area contributed by atoms with Gasteiger partial charge < -0.3 is 9.64 Å². The maximum Gasteiger partial charge on any atom is 0.310 e. The number of carbonyl (C=O) groups excluding carboxylic acids is 3. The molecule has 1 aliphatic rings. The zero-order valence-corrected chi connectivity index (χ0v) is 16.0. The first kappa shape index (κ1) is 20.1. The largest absolute Gasteiger partial charge is 0.469 e. The predicted molar refractivity (Wildman–Crippen MR) is 100 cm³/mol. The molecule has 0 fully saturated rings. The van der Waals surface area contributed by atoms with Gasteiger partial charge in [-0.15, -0.1) is 0 Å². The second-order valence-corrected chi connectivity index (χ2v) is 6.97. The first-order chi connectivity index (χ1) is 12.5. The number of Topliss-reactive ketones (excluding diaryl/α,β-unsaturated/α-hetero) is 1. The van der Waals surface area contributed by atoms with Crippen LogP contribution in [0.5, 0.6) is 0 Å². The highest BCUT2D eigenvalue weighted by Crippen LogP contribution is 2.23. The van der Waals surface area contributed by atoms with Crippen molar-refractivity contribution in [3.8, 4) is 0 Å². The lowest BCUT2D eigenvalue weighted by molar-refractivity contribution is -0.146. The van der Waals surface area contributed by atoms with E-state index in [0.29, 0.717) is 18.7 Å². The van der Waals surface area contributed by atoms with Crippen molar-refractivity contribution in [2.24, 2.45) is 5.92 Å². The maximum absolute atomic E-state index is 12.5. The van der Waals surface area contributed by atoms with Crippen molar-refractivity contribution in [2.75, 3.05) is 20.2 Å². The number of ether oxygens (including phenoxy) is 1. The summed E-state index contributed by atoms with van der Waals surface area (Å²) in [5.74, 6) is -0.806. The molecule has 0 saturated carbocycles. The minimum absolute atomic E-state index is 0.00351. The molecule has 26 heavy (non-hydrogen) atoms. The average Bonchev–Trinajstić information content (AvgIpc) is 2.68. The molecule has 0 radical (unpaired) electrons. The molecule has 1 aromatic rings. The second-order valence-electron chi connectivity index (χ2n) is 6.97. The van der Waals surface area contributed by atoms with Crippen LogP contribution in [0, 0.1) is 5.92 Å². The molecule has 0 aliphatic heterocycles. The summed E-state index contributed by atoms with van der Waals surface area (Å²) in [4.78, 5) is 38.0. The Morgan fingerprint density at radius 1 is 1.12 bits per heavy atom. The number of fused-ring (bicyclic) bond motifs is 1. The van der Waals surface area contributed by atoms with Gasteiger partial charge in [-0.2, -0.15) is 0 Å². The molecule has 0 spiro atoms. The fraction of sp³-hybridized carbons (Fsp3) is 0.571. The summed E-state index contributed by atoms with van der Waals surface area (Å²) < 4.78 is 4.71. The summed E-state index contributed by atoms with van der Waals surface area (Å²) in [5, 5.41) is 0. The van der Waals surface area contributed by atoms with E-state index in [1.54, 1.807) is 11.8 Å². The number of esters is 1. The monoisotopic (exact) mass is 359 g/mol.